The van der Waals surface area contributed by atoms with Crippen LogP contribution in [0.2, 0.25) is 5.02 Å². The molecule has 1 aromatic carbocycles. The van der Waals surface area contributed by atoms with Crippen molar-refractivity contribution >= 4 is 29.0 Å². The second-order valence-electron chi connectivity index (χ2n) is 11.8. The van der Waals surface area contributed by atoms with Gasteiger partial charge in [0, 0.05) is 22.5 Å². The minimum absolute atomic E-state index is 0.00220. The molecule has 2 heterocycles. The van der Waals surface area contributed by atoms with Crippen LogP contribution in [0.3, 0.4) is 0 Å². The van der Waals surface area contributed by atoms with Crippen LogP contribution in [-0.4, -0.2) is 29.9 Å². The van der Waals surface area contributed by atoms with E-state index in [4.69, 9.17) is 16.3 Å². The van der Waals surface area contributed by atoms with Crippen molar-refractivity contribution in [2.75, 3.05) is 4.90 Å². The van der Waals surface area contributed by atoms with Crippen molar-refractivity contribution in [1.29, 1.82) is 0 Å². The van der Waals surface area contributed by atoms with E-state index in [-0.39, 0.29) is 29.7 Å². The van der Waals surface area contributed by atoms with Crippen LogP contribution in [0, 0.1) is 35.5 Å². The van der Waals surface area contributed by atoms with Crippen LogP contribution in [0.4, 0.5) is 5.69 Å². The second-order valence-corrected chi connectivity index (χ2v) is 12.2. The molecule has 0 spiro atoms. The molecule has 0 aromatic heterocycles. The van der Waals surface area contributed by atoms with Crippen LogP contribution < -0.4 is 4.90 Å². The normalized spacial score (nSPS) is 40.9. The highest BCUT2D eigenvalue weighted by atomic mass is 35.5. The predicted octanol–water partition coefficient (Wildman–Crippen LogP) is 6.61. The van der Waals surface area contributed by atoms with E-state index in [9.17, 15) is 9.59 Å². The Morgan fingerprint density at radius 3 is 2.49 bits per heavy atom. The number of fused-ring (bicyclic) bond motifs is 8. The van der Waals surface area contributed by atoms with E-state index in [0.717, 1.165) is 42.7 Å². The van der Waals surface area contributed by atoms with Crippen molar-refractivity contribution in [2.45, 2.75) is 89.8 Å². The predicted molar refractivity (Wildman–Crippen MR) is 138 cm³/mol. The number of halogens is 1. The fourth-order valence-electron chi connectivity index (χ4n) is 8.32. The summed E-state index contributed by atoms with van der Waals surface area (Å²) < 4.78 is 5.98. The van der Waals surface area contributed by atoms with Gasteiger partial charge in [-0.3, -0.25) is 9.59 Å². The largest absolute Gasteiger partial charge is 0.462 e. The van der Waals surface area contributed by atoms with Gasteiger partial charge in [-0.05, 0) is 92.0 Å². The fraction of sp³-hybridized carbons (Fsp3) is 0.667. The average molecular weight is 496 g/mol. The summed E-state index contributed by atoms with van der Waals surface area (Å²) in [6, 6.07) is 9.14. The molecule has 4 nitrogen and oxygen atoms in total. The first kappa shape index (κ1) is 23.6. The summed E-state index contributed by atoms with van der Waals surface area (Å²) in [6.07, 6.45) is 11.2. The van der Waals surface area contributed by atoms with E-state index in [1.165, 1.54) is 24.9 Å². The topological polar surface area (TPSA) is 46.4 Å². The van der Waals surface area contributed by atoms with Crippen LogP contribution in [0.25, 0.3) is 0 Å². The van der Waals surface area contributed by atoms with Gasteiger partial charge in [0.05, 0.1) is 18.5 Å². The maximum absolute atomic E-state index is 13.8. The molecule has 3 aliphatic carbocycles. The zero-order chi connectivity index (χ0) is 24.3. The van der Waals surface area contributed by atoms with Crippen molar-refractivity contribution in [1.82, 2.24) is 0 Å². The van der Waals surface area contributed by atoms with Crippen LogP contribution >= 0.6 is 11.6 Å². The van der Waals surface area contributed by atoms with Gasteiger partial charge in [0.25, 0.3) is 0 Å². The number of carbonyl (C=O) groups is 2. The molecule has 35 heavy (non-hydrogen) atoms. The molecule has 9 atom stereocenters. The summed E-state index contributed by atoms with van der Waals surface area (Å²) in [5, 5.41) is 0.757. The number of esters is 1. The number of rotatable bonds is 2. The molecule has 2 aliphatic heterocycles. The van der Waals surface area contributed by atoms with Crippen molar-refractivity contribution < 1.29 is 14.3 Å². The number of allylic oxidation sites excluding steroid dienone is 2. The van der Waals surface area contributed by atoms with Gasteiger partial charge in [-0.2, -0.15) is 0 Å². The molecule has 0 N–H and O–H groups in total. The van der Waals surface area contributed by atoms with E-state index >= 15 is 0 Å². The Balaban J connectivity index is 1.36. The van der Waals surface area contributed by atoms with Crippen LogP contribution in [0.5, 0.6) is 0 Å². The molecule has 0 amide bonds. The van der Waals surface area contributed by atoms with Crippen LogP contribution in [0.1, 0.15) is 71.6 Å². The van der Waals surface area contributed by atoms with Gasteiger partial charge in [-0.15, -0.1) is 0 Å². The monoisotopic (exact) mass is 495 g/mol. The number of Topliss-reactive ketones (excluding diaryl/α,β-unsaturated/α-hetero) is 1. The molecule has 5 heteroatoms. The quantitative estimate of drug-likeness (QED) is 0.342. The van der Waals surface area contributed by atoms with E-state index in [0.29, 0.717) is 42.2 Å². The molecule has 1 unspecified atom stereocenters. The Morgan fingerprint density at radius 2 is 1.71 bits per heavy atom. The molecular formula is C30H38ClNO3. The highest BCUT2D eigenvalue weighted by Crippen LogP contribution is 2.64. The molecule has 188 valence electrons. The smallest absolute Gasteiger partial charge is 0.306 e. The first-order valence-electron chi connectivity index (χ1n) is 14.0. The standard InChI is InChI=1S/C30H38ClNO3/c1-3-20-8-5-4-7-17(2)30(34)25-15-23-21-9-6-10-22(21)28-29(27(23)24(25)16-26(33)35-20)32(28)19-13-11-18(31)12-14-19/h11-15,17,20-24,27-29H,3-10,16H2,1-2H3/t17-,20+,21-,22?,23+,24-,27-,28+,29-,32?/m1/s1. The van der Waals surface area contributed by atoms with E-state index in [1.807, 2.05) is 12.1 Å². The van der Waals surface area contributed by atoms with Gasteiger partial charge in [0.2, 0.25) is 0 Å². The molecule has 4 fully saturated rings. The number of ether oxygens (including phenoxy) is 1. The lowest BCUT2D eigenvalue weighted by Crippen LogP contribution is -2.39. The first-order chi connectivity index (χ1) is 17.0. The molecule has 2 saturated carbocycles. The average Bonchev–Trinajstić information content (AvgIpc) is 3.20. The number of cyclic esters (lactones) is 1. The highest BCUT2D eigenvalue weighted by Gasteiger charge is 2.67. The number of ketones is 1. The van der Waals surface area contributed by atoms with Crippen LogP contribution in [-0.2, 0) is 14.3 Å². The number of benzene rings is 1. The van der Waals surface area contributed by atoms with Crippen molar-refractivity contribution in [3.63, 3.8) is 0 Å². The second kappa shape index (κ2) is 9.25. The number of hydrogen-bond acceptors (Lipinski definition) is 4. The van der Waals surface area contributed by atoms with Gasteiger partial charge in [0.1, 0.15) is 6.10 Å². The Kier molecular flexibility index (Phi) is 6.23. The van der Waals surface area contributed by atoms with Crippen molar-refractivity contribution in [3.8, 4) is 0 Å². The Hall–Kier alpha value is -1.81. The molecule has 1 aromatic rings. The minimum Gasteiger partial charge on any atom is -0.462 e. The van der Waals surface area contributed by atoms with E-state index in [2.05, 4.69) is 37.0 Å². The lowest BCUT2D eigenvalue weighted by Gasteiger charge is -2.36. The number of hydrogen-bond donors (Lipinski definition) is 0. The third-order valence-corrected chi connectivity index (χ3v) is 10.2. The third kappa shape index (κ3) is 4.04. The lowest BCUT2D eigenvalue weighted by molar-refractivity contribution is -0.151. The van der Waals surface area contributed by atoms with E-state index in [1.54, 1.807) is 0 Å². The SMILES string of the molecule is CC[C@H]1CCCC[C@@H](C)C(=O)C2=C[C@@H]3[C@@H]([C@@H]4[C@H](C5CCC[C@H]53)N4c3ccc(Cl)cc3)[C@@H]2CC(=O)O1. The van der Waals surface area contributed by atoms with Gasteiger partial charge in [0.15, 0.2) is 5.78 Å². The molecule has 0 radical (unpaired) electrons. The zero-order valence-corrected chi connectivity index (χ0v) is 21.8. The fourth-order valence-corrected chi connectivity index (χ4v) is 8.45. The lowest BCUT2D eigenvalue weighted by atomic mass is 9.66. The Bertz CT molecular complexity index is 1020. The molecule has 0 bridgehead atoms. The number of carbonyl (C=O) groups excluding carboxylic acids is 2. The van der Waals surface area contributed by atoms with Gasteiger partial charge in [-0.25, -0.2) is 0 Å². The molecule has 2 saturated heterocycles. The summed E-state index contributed by atoms with van der Waals surface area (Å²) >= 11 is 6.20. The molecule has 6 rings (SSSR count). The molecule has 5 aliphatic rings. The summed E-state index contributed by atoms with van der Waals surface area (Å²) in [7, 11) is 0. The Labute approximate surface area is 214 Å². The van der Waals surface area contributed by atoms with Crippen LogP contribution in [0.15, 0.2) is 35.9 Å². The first-order valence-corrected chi connectivity index (χ1v) is 14.3. The maximum atomic E-state index is 13.8. The van der Waals surface area contributed by atoms with Crippen molar-refractivity contribution in [3.05, 3.63) is 40.9 Å². The summed E-state index contributed by atoms with van der Waals surface area (Å²) in [5.41, 5.74) is 2.18. The summed E-state index contributed by atoms with van der Waals surface area (Å²) in [5.74, 6) is 2.20. The molecular weight excluding hydrogens is 458 g/mol. The summed E-state index contributed by atoms with van der Waals surface area (Å²) in [6.45, 7) is 4.20. The number of anilines is 1. The summed E-state index contributed by atoms with van der Waals surface area (Å²) in [4.78, 5) is 29.6. The maximum Gasteiger partial charge on any atom is 0.306 e. The van der Waals surface area contributed by atoms with Gasteiger partial charge in [-0.1, -0.05) is 44.4 Å². The third-order valence-electron chi connectivity index (χ3n) is 9.95. The van der Waals surface area contributed by atoms with Gasteiger partial charge < -0.3 is 9.64 Å². The van der Waals surface area contributed by atoms with Crippen molar-refractivity contribution in [2.24, 2.45) is 35.5 Å². The number of nitrogens with zero attached hydrogens (tertiary/aromatic N) is 1. The highest BCUT2D eigenvalue weighted by molar-refractivity contribution is 6.30. The van der Waals surface area contributed by atoms with Gasteiger partial charge >= 0.3 is 5.97 Å². The Morgan fingerprint density at radius 1 is 0.971 bits per heavy atom. The zero-order valence-electron chi connectivity index (χ0n) is 21.0. The van der Waals surface area contributed by atoms with E-state index < -0.39 is 0 Å². The minimum atomic E-state index is -0.113.